The van der Waals surface area contributed by atoms with Crippen molar-refractivity contribution >= 4 is 11.9 Å². The number of amides is 1. The molecule has 0 fully saturated rings. The zero-order chi connectivity index (χ0) is 58.5. The molecule has 0 saturated heterocycles. The van der Waals surface area contributed by atoms with E-state index < -0.39 is 12.1 Å². The predicted molar refractivity (Wildman–Crippen MR) is 356 cm³/mol. The van der Waals surface area contributed by atoms with E-state index in [9.17, 15) is 19.8 Å². The molecule has 0 aliphatic carbocycles. The lowest BCUT2D eigenvalue weighted by atomic mass is 10.0. The third-order valence-electron chi connectivity index (χ3n) is 16.8. The van der Waals surface area contributed by atoms with Gasteiger partial charge in [-0.1, -0.05) is 339 Å². The highest BCUT2D eigenvalue weighted by Crippen LogP contribution is 2.18. The summed E-state index contributed by atoms with van der Waals surface area (Å²) in [5, 5.41) is 23.3. The Kier molecular flexibility index (Phi) is 68.4. The first kappa shape index (κ1) is 78.8. The Morgan fingerprint density at radius 1 is 0.346 bits per heavy atom. The number of rotatable bonds is 68. The van der Waals surface area contributed by atoms with E-state index in [-0.39, 0.29) is 18.5 Å². The van der Waals surface area contributed by atoms with Crippen molar-refractivity contribution in [3.05, 3.63) is 48.6 Å². The van der Waals surface area contributed by atoms with Crippen LogP contribution in [0.4, 0.5) is 0 Å². The molecule has 0 saturated carbocycles. The van der Waals surface area contributed by atoms with Crippen LogP contribution in [0, 0.1) is 0 Å². The summed E-state index contributed by atoms with van der Waals surface area (Å²) in [5.74, 6) is -0.0708. The molecule has 0 aromatic heterocycles. The Morgan fingerprint density at radius 2 is 0.617 bits per heavy atom. The SMILES string of the molecule is CCCCC/C=C\C/C=C\CCCCCCCCCCCC(=O)OCCCCCCCCCCC/C=C\CCCCCCCCCC(=O)NC(CO)C(O)/C=C/CCCCCCCCCCCCCCCCCCCCCCCCC. The summed E-state index contributed by atoms with van der Waals surface area (Å²) in [6, 6.07) is -0.637. The van der Waals surface area contributed by atoms with E-state index in [0.29, 0.717) is 19.4 Å². The van der Waals surface area contributed by atoms with Gasteiger partial charge in [-0.2, -0.15) is 0 Å². The van der Waals surface area contributed by atoms with Gasteiger partial charge in [-0.25, -0.2) is 0 Å². The summed E-state index contributed by atoms with van der Waals surface area (Å²) in [6.07, 6.45) is 91.9. The van der Waals surface area contributed by atoms with Crippen LogP contribution in [0.1, 0.15) is 393 Å². The van der Waals surface area contributed by atoms with E-state index in [1.165, 1.54) is 308 Å². The van der Waals surface area contributed by atoms with E-state index in [4.69, 9.17) is 4.74 Å². The van der Waals surface area contributed by atoms with Gasteiger partial charge in [0.15, 0.2) is 0 Å². The largest absolute Gasteiger partial charge is 0.466 e. The topological polar surface area (TPSA) is 95.9 Å². The molecular formula is C75H141NO5. The zero-order valence-corrected chi connectivity index (χ0v) is 54.5. The molecule has 0 rings (SSSR count). The number of unbranched alkanes of at least 4 members (excludes halogenated alkanes) is 51. The third-order valence-corrected chi connectivity index (χ3v) is 16.8. The lowest BCUT2D eigenvalue weighted by Gasteiger charge is -2.20. The van der Waals surface area contributed by atoms with Crippen molar-refractivity contribution in [1.82, 2.24) is 5.32 Å². The minimum atomic E-state index is -0.853. The van der Waals surface area contributed by atoms with Crippen LogP contribution in [0.25, 0.3) is 0 Å². The van der Waals surface area contributed by atoms with Gasteiger partial charge in [-0.3, -0.25) is 9.59 Å². The van der Waals surface area contributed by atoms with Gasteiger partial charge in [-0.15, -0.1) is 0 Å². The lowest BCUT2D eigenvalue weighted by Crippen LogP contribution is -2.45. The molecule has 81 heavy (non-hydrogen) atoms. The Morgan fingerprint density at radius 3 is 0.975 bits per heavy atom. The van der Waals surface area contributed by atoms with Gasteiger partial charge < -0.3 is 20.3 Å². The summed E-state index contributed by atoms with van der Waals surface area (Å²) in [6.45, 7) is 4.90. The van der Waals surface area contributed by atoms with Gasteiger partial charge in [0.05, 0.1) is 25.4 Å². The highest BCUT2D eigenvalue weighted by molar-refractivity contribution is 5.76. The molecule has 0 aromatic rings. The van der Waals surface area contributed by atoms with Crippen molar-refractivity contribution < 1.29 is 24.5 Å². The number of hydrogen-bond acceptors (Lipinski definition) is 5. The zero-order valence-electron chi connectivity index (χ0n) is 54.5. The lowest BCUT2D eigenvalue weighted by molar-refractivity contribution is -0.143. The maximum atomic E-state index is 12.5. The molecule has 0 bridgehead atoms. The summed E-state index contributed by atoms with van der Waals surface area (Å²) >= 11 is 0. The van der Waals surface area contributed by atoms with Gasteiger partial charge in [0.25, 0.3) is 0 Å². The number of carbonyl (C=O) groups excluding carboxylic acids is 2. The predicted octanol–water partition coefficient (Wildman–Crippen LogP) is 23.6. The van der Waals surface area contributed by atoms with Crippen molar-refractivity contribution in [2.45, 2.75) is 405 Å². The number of allylic oxidation sites excluding steroid dienone is 7. The maximum Gasteiger partial charge on any atom is 0.305 e. The third kappa shape index (κ3) is 66.8. The quantitative estimate of drug-likeness (QED) is 0.0320. The molecule has 0 aliphatic rings. The summed E-state index contributed by atoms with van der Waals surface area (Å²) in [4.78, 5) is 24.7. The number of esters is 1. The Hall–Kier alpha value is -2.18. The second kappa shape index (κ2) is 70.3. The Balaban J connectivity index is 3.45. The highest BCUT2D eigenvalue weighted by atomic mass is 16.5. The van der Waals surface area contributed by atoms with Crippen molar-refractivity contribution in [1.29, 1.82) is 0 Å². The van der Waals surface area contributed by atoms with Gasteiger partial charge >= 0.3 is 5.97 Å². The molecule has 2 unspecified atom stereocenters. The molecule has 0 aliphatic heterocycles. The molecule has 2 atom stereocenters. The number of nitrogens with one attached hydrogen (secondary N) is 1. The van der Waals surface area contributed by atoms with E-state index in [1.54, 1.807) is 6.08 Å². The van der Waals surface area contributed by atoms with Crippen molar-refractivity contribution in [2.75, 3.05) is 13.2 Å². The Bertz CT molecular complexity index is 1360. The van der Waals surface area contributed by atoms with Crippen LogP contribution in [0.2, 0.25) is 0 Å². The molecule has 0 radical (unpaired) electrons. The average Bonchev–Trinajstić information content (AvgIpc) is 3.47. The van der Waals surface area contributed by atoms with Crippen LogP contribution < -0.4 is 5.32 Å². The van der Waals surface area contributed by atoms with Crippen molar-refractivity contribution in [3.8, 4) is 0 Å². The standard InChI is InChI=1S/C75H141NO5/c1-3-5-7-9-11-13-15-17-19-21-23-24-25-26-27-28-32-35-39-43-47-51-55-59-63-67-73(78)72(71-77)76-74(79)68-64-60-56-52-48-44-40-36-33-29-30-34-38-42-46-50-54-58-62-66-70-81-75(80)69-65-61-57-53-49-45-41-37-31-22-20-18-16-14-12-10-8-6-4-2/h12,14,18,20,29,33,63,67,72-73,77-78H,3-11,13,15-17,19,21-28,30-32,34-62,64-66,68-71H2,1-2H3,(H,76,79)/b14-12-,20-18-,33-29-,67-63+. The maximum absolute atomic E-state index is 12.5. The first-order chi connectivity index (χ1) is 40.0. The normalized spacial score (nSPS) is 12.8. The van der Waals surface area contributed by atoms with Crippen LogP contribution in [0.3, 0.4) is 0 Å². The Labute approximate surface area is 506 Å². The van der Waals surface area contributed by atoms with E-state index in [0.717, 1.165) is 57.8 Å². The van der Waals surface area contributed by atoms with Crippen LogP contribution in [0.15, 0.2) is 48.6 Å². The molecule has 0 aromatic carbocycles. The second-order valence-electron chi connectivity index (χ2n) is 24.9. The highest BCUT2D eigenvalue weighted by Gasteiger charge is 2.18. The molecule has 0 heterocycles. The van der Waals surface area contributed by atoms with E-state index in [1.807, 2.05) is 6.08 Å². The van der Waals surface area contributed by atoms with Gasteiger partial charge in [-0.05, 0) is 89.9 Å². The number of ether oxygens (including phenoxy) is 1. The van der Waals surface area contributed by atoms with Crippen LogP contribution >= 0.6 is 0 Å². The molecule has 1 amide bonds. The summed E-state index contributed by atoms with van der Waals surface area (Å²) in [7, 11) is 0. The smallest absolute Gasteiger partial charge is 0.305 e. The molecule has 6 heteroatoms. The van der Waals surface area contributed by atoms with Gasteiger partial charge in [0.2, 0.25) is 5.91 Å². The van der Waals surface area contributed by atoms with Crippen molar-refractivity contribution in [2.24, 2.45) is 0 Å². The average molecular weight is 1140 g/mol. The first-order valence-corrected chi connectivity index (χ1v) is 36.4. The summed E-state index contributed by atoms with van der Waals surface area (Å²) in [5.41, 5.74) is 0. The van der Waals surface area contributed by atoms with Crippen LogP contribution in [0.5, 0.6) is 0 Å². The van der Waals surface area contributed by atoms with Crippen LogP contribution in [-0.4, -0.2) is 47.4 Å². The van der Waals surface area contributed by atoms with Crippen molar-refractivity contribution in [3.63, 3.8) is 0 Å². The fraction of sp³-hybridized carbons (Fsp3) is 0.867. The van der Waals surface area contributed by atoms with Crippen LogP contribution in [-0.2, 0) is 14.3 Å². The number of hydrogen-bond donors (Lipinski definition) is 3. The fourth-order valence-electron chi connectivity index (χ4n) is 11.3. The molecular weight excluding hydrogens is 995 g/mol. The van der Waals surface area contributed by atoms with E-state index in [2.05, 4.69) is 55.6 Å². The van der Waals surface area contributed by atoms with E-state index >= 15 is 0 Å². The van der Waals surface area contributed by atoms with Gasteiger partial charge in [0.1, 0.15) is 0 Å². The number of aliphatic hydroxyl groups excluding tert-OH is 2. The van der Waals surface area contributed by atoms with Gasteiger partial charge in [0, 0.05) is 12.8 Å². The minimum absolute atomic E-state index is 0.00230. The number of aliphatic hydroxyl groups is 2. The molecule has 6 nitrogen and oxygen atoms in total. The summed E-state index contributed by atoms with van der Waals surface area (Å²) < 4.78 is 5.50. The fourth-order valence-corrected chi connectivity index (χ4v) is 11.3. The molecule has 0 spiro atoms. The number of carbonyl (C=O) groups is 2. The molecule has 3 N–H and O–H groups in total. The minimum Gasteiger partial charge on any atom is -0.466 e. The molecule has 476 valence electrons. The second-order valence-corrected chi connectivity index (χ2v) is 24.9. The monoisotopic (exact) mass is 1140 g/mol. The first-order valence-electron chi connectivity index (χ1n) is 36.4.